The lowest BCUT2D eigenvalue weighted by atomic mass is 10.2. The summed E-state index contributed by atoms with van der Waals surface area (Å²) in [5.74, 6) is -0.0872. The average molecular weight is 284 g/mol. The van der Waals surface area contributed by atoms with E-state index in [1.54, 1.807) is 18.2 Å². The molecule has 3 N–H and O–H groups in total. The van der Waals surface area contributed by atoms with Crippen LogP contribution >= 0.6 is 11.6 Å². The van der Waals surface area contributed by atoms with E-state index >= 15 is 0 Å². The van der Waals surface area contributed by atoms with Gasteiger partial charge >= 0.3 is 0 Å². The molecule has 1 atom stereocenters. The quantitative estimate of drug-likeness (QED) is 0.827. The Morgan fingerprint density at radius 1 is 1.47 bits per heavy atom. The Morgan fingerprint density at radius 2 is 2.16 bits per heavy atom. The minimum Gasteiger partial charge on any atom is -0.397 e. The van der Waals surface area contributed by atoms with Crippen molar-refractivity contribution >= 4 is 28.9 Å². The van der Waals surface area contributed by atoms with E-state index in [2.05, 4.69) is 10.2 Å². The van der Waals surface area contributed by atoms with Gasteiger partial charge in [0.1, 0.15) is 0 Å². The van der Waals surface area contributed by atoms with E-state index in [4.69, 9.17) is 22.1 Å². The van der Waals surface area contributed by atoms with Crippen molar-refractivity contribution in [3.8, 4) is 0 Å². The molecule has 0 spiro atoms. The van der Waals surface area contributed by atoms with Gasteiger partial charge in [0.25, 0.3) is 0 Å². The largest absolute Gasteiger partial charge is 0.397 e. The summed E-state index contributed by atoms with van der Waals surface area (Å²) in [5, 5.41) is 3.36. The minimum atomic E-state index is -0.220. The monoisotopic (exact) mass is 283 g/mol. The lowest BCUT2D eigenvalue weighted by molar-refractivity contribution is -0.122. The summed E-state index contributed by atoms with van der Waals surface area (Å²) in [6.07, 6.45) is 0. The van der Waals surface area contributed by atoms with Crippen LogP contribution in [0.1, 0.15) is 6.92 Å². The number of hydrogen-bond acceptors (Lipinski definition) is 4. The molecule has 0 aromatic heterocycles. The molecule has 1 fully saturated rings. The first kappa shape index (κ1) is 14.1. The van der Waals surface area contributed by atoms with E-state index in [9.17, 15) is 4.79 Å². The van der Waals surface area contributed by atoms with E-state index in [0.29, 0.717) is 29.6 Å². The summed E-state index contributed by atoms with van der Waals surface area (Å²) in [5.41, 5.74) is 6.87. The molecule has 5 nitrogen and oxygen atoms in total. The second-order valence-electron chi connectivity index (χ2n) is 4.55. The summed E-state index contributed by atoms with van der Waals surface area (Å²) in [4.78, 5) is 14.3. The molecule has 1 unspecified atom stereocenters. The van der Waals surface area contributed by atoms with Crippen molar-refractivity contribution < 1.29 is 9.53 Å². The second kappa shape index (κ2) is 6.23. The number of benzene rings is 1. The number of carbonyl (C=O) groups is 1. The molecular formula is C13H18ClN3O2. The molecule has 6 heteroatoms. The SMILES string of the molecule is CC(C(=O)Nc1cc(Cl)ccc1N)N1CCOCC1. The van der Waals surface area contributed by atoms with Crippen LogP contribution in [-0.4, -0.2) is 43.2 Å². The summed E-state index contributed by atoms with van der Waals surface area (Å²) in [6, 6.07) is 4.80. The van der Waals surface area contributed by atoms with Gasteiger partial charge in [-0.05, 0) is 25.1 Å². The van der Waals surface area contributed by atoms with Gasteiger partial charge in [-0.15, -0.1) is 0 Å². The number of nitrogens with two attached hydrogens (primary N) is 1. The number of amides is 1. The van der Waals surface area contributed by atoms with Crippen LogP contribution in [0.4, 0.5) is 11.4 Å². The van der Waals surface area contributed by atoms with E-state index in [1.165, 1.54) is 0 Å². The molecule has 1 aliphatic rings. The molecule has 104 valence electrons. The van der Waals surface area contributed by atoms with Gasteiger partial charge in [0, 0.05) is 18.1 Å². The maximum Gasteiger partial charge on any atom is 0.241 e. The van der Waals surface area contributed by atoms with Gasteiger partial charge < -0.3 is 15.8 Å². The van der Waals surface area contributed by atoms with Gasteiger partial charge in [0.2, 0.25) is 5.91 Å². The third-order valence-electron chi connectivity index (χ3n) is 3.25. The first-order valence-electron chi connectivity index (χ1n) is 6.25. The van der Waals surface area contributed by atoms with Crippen molar-refractivity contribution in [3.05, 3.63) is 23.2 Å². The summed E-state index contributed by atoms with van der Waals surface area (Å²) in [7, 11) is 0. The Balaban J connectivity index is 2.01. The molecule has 0 radical (unpaired) electrons. The lowest BCUT2D eigenvalue weighted by Gasteiger charge is -2.31. The zero-order valence-electron chi connectivity index (χ0n) is 10.9. The van der Waals surface area contributed by atoms with Gasteiger partial charge in [-0.2, -0.15) is 0 Å². The summed E-state index contributed by atoms with van der Waals surface area (Å²) < 4.78 is 5.27. The highest BCUT2D eigenvalue weighted by molar-refractivity contribution is 6.31. The number of nitrogens with one attached hydrogen (secondary N) is 1. The van der Waals surface area contributed by atoms with Gasteiger partial charge in [0.05, 0.1) is 30.6 Å². The molecule has 1 saturated heterocycles. The number of hydrogen-bond donors (Lipinski definition) is 2. The maximum atomic E-state index is 12.2. The molecule has 1 aliphatic heterocycles. The highest BCUT2D eigenvalue weighted by Gasteiger charge is 2.23. The smallest absolute Gasteiger partial charge is 0.241 e. The zero-order valence-corrected chi connectivity index (χ0v) is 11.6. The highest BCUT2D eigenvalue weighted by atomic mass is 35.5. The second-order valence-corrected chi connectivity index (χ2v) is 4.98. The summed E-state index contributed by atoms with van der Waals surface area (Å²) >= 11 is 5.89. The van der Waals surface area contributed by atoms with E-state index in [-0.39, 0.29) is 11.9 Å². The molecule has 2 rings (SSSR count). The highest BCUT2D eigenvalue weighted by Crippen LogP contribution is 2.23. The summed E-state index contributed by atoms with van der Waals surface area (Å²) in [6.45, 7) is 4.73. The number of rotatable bonds is 3. The third-order valence-corrected chi connectivity index (χ3v) is 3.48. The molecule has 0 aliphatic carbocycles. The van der Waals surface area contributed by atoms with Crippen LogP contribution in [0.5, 0.6) is 0 Å². The Labute approximate surface area is 117 Å². The number of nitrogens with zero attached hydrogens (tertiary/aromatic N) is 1. The number of carbonyl (C=O) groups excluding carboxylic acids is 1. The number of anilines is 2. The van der Waals surface area contributed by atoms with Crippen LogP contribution in [0, 0.1) is 0 Å². The van der Waals surface area contributed by atoms with Crippen molar-refractivity contribution in [2.45, 2.75) is 13.0 Å². The number of nitrogen functional groups attached to an aromatic ring is 1. The van der Waals surface area contributed by atoms with Gasteiger partial charge in [-0.3, -0.25) is 9.69 Å². The van der Waals surface area contributed by atoms with Crippen LogP contribution in [-0.2, 0) is 9.53 Å². The fraction of sp³-hybridized carbons (Fsp3) is 0.462. The lowest BCUT2D eigenvalue weighted by Crippen LogP contribution is -2.47. The first-order valence-corrected chi connectivity index (χ1v) is 6.63. The predicted molar refractivity (Wildman–Crippen MR) is 76.3 cm³/mol. The Bertz CT molecular complexity index is 461. The minimum absolute atomic E-state index is 0.0872. The number of ether oxygens (including phenoxy) is 1. The third kappa shape index (κ3) is 3.59. The van der Waals surface area contributed by atoms with E-state index < -0.39 is 0 Å². The fourth-order valence-electron chi connectivity index (χ4n) is 2.00. The van der Waals surface area contributed by atoms with Crippen LogP contribution < -0.4 is 11.1 Å². The fourth-order valence-corrected chi connectivity index (χ4v) is 2.18. The van der Waals surface area contributed by atoms with Crippen molar-refractivity contribution in [3.63, 3.8) is 0 Å². The molecule has 1 aromatic rings. The van der Waals surface area contributed by atoms with Crippen molar-refractivity contribution in [2.24, 2.45) is 0 Å². The Morgan fingerprint density at radius 3 is 2.84 bits per heavy atom. The number of morpholine rings is 1. The van der Waals surface area contributed by atoms with Crippen LogP contribution in [0.3, 0.4) is 0 Å². The van der Waals surface area contributed by atoms with Crippen LogP contribution in [0.25, 0.3) is 0 Å². The zero-order chi connectivity index (χ0) is 13.8. The van der Waals surface area contributed by atoms with E-state index in [1.807, 2.05) is 6.92 Å². The Kier molecular flexibility index (Phi) is 4.63. The van der Waals surface area contributed by atoms with Crippen molar-refractivity contribution in [1.29, 1.82) is 0 Å². The first-order chi connectivity index (χ1) is 9.08. The average Bonchev–Trinajstić information content (AvgIpc) is 2.43. The van der Waals surface area contributed by atoms with Crippen molar-refractivity contribution in [2.75, 3.05) is 37.4 Å². The predicted octanol–water partition coefficient (Wildman–Crippen LogP) is 1.58. The number of halogens is 1. The standard InChI is InChI=1S/C13H18ClN3O2/c1-9(17-4-6-19-7-5-17)13(18)16-12-8-10(14)2-3-11(12)15/h2-3,8-9H,4-7,15H2,1H3,(H,16,18). The maximum absolute atomic E-state index is 12.2. The normalized spacial score (nSPS) is 18.0. The molecule has 0 bridgehead atoms. The van der Waals surface area contributed by atoms with Gasteiger partial charge in [-0.1, -0.05) is 11.6 Å². The molecule has 1 heterocycles. The molecule has 1 aromatic carbocycles. The molecule has 1 amide bonds. The molecular weight excluding hydrogens is 266 g/mol. The topological polar surface area (TPSA) is 67.6 Å². The van der Waals surface area contributed by atoms with Gasteiger partial charge in [-0.25, -0.2) is 0 Å². The molecule has 19 heavy (non-hydrogen) atoms. The van der Waals surface area contributed by atoms with Crippen molar-refractivity contribution in [1.82, 2.24) is 4.90 Å². The Hall–Kier alpha value is -1.30. The van der Waals surface area contributed by atoms with Gasteiger partial charge in [0.15, 0.2) is 0 Å². The molecule has 0 saturated carbocycles. The van der Waals surface area contributed by atoms with E-state index in [0.717, 1.165) is 13.1 Å². The van der Waals surface area contributed by atoms with Crippen LogP contribution in [0.15, 0.2) is 18.2 Å². The van der Waals surface area contributed by atoms with Crippen LogP contribution in [0.2, 0.25) is 5.02 Å².